The first-order valence-corrected chi connectivity index (χ1v) is 14.4. The van der Waals surface area contributed by atoms with Gasteiger partial charge in [-0.05, 0) is 63.0 Å². The Morgan fingerprint density at radius 2 is 2.00 bits per heavy atom. The van der Waals surface area contributed by atoms with Gasteiger partial charge in [0.1, 0.15) is 17.8 Å². The Balaban J connectivity index is 1.24. The van der Waals surface area contributed by atoms with Crippen LogP contribution in [0.5, 0.6) is 5.88 Å². The Bertz CT molecular complexity index is 1410. The number of ether oxygens (including phenoxy) is 1. The van der Waals surface area contributed by atoms with Crippen molar-refractivity contribution >= 4 is 33.1 Å². The Hall–Kier alpha value is -3.12. The van der Waals surface area contributed by atoms with Crippen molar-refractivity contribution in [1.29, 1.82) is 0 Å². The maximum absolute atomic E-state index is 13.4. The molecular weight excluding hydrogens is 500 g/mol. The van der Waals surface area contributed by atoms with Crippen LogP contribution in [-0.2, 0) is 15.6 Å². The molecule has 3 fully saturated rings. The average Bonchev–Trinajstić information content (AvgIpc) is 3.76. The summed E-state index contributed by atoms with van der Waals surface area (Å²) in [6.45, 7) is 2.38. The smallest absolute Gasteiger partial charge is 0.262 e. The Labute approximate surface area is 213 Å². The number of sulfonamides is 1. The molecule has 2 N–H and O–H groups in total. The number of hydrogen-bond donors (Lipinski definition) is 2. The number of fused-ring (bicyclic) bond motifs is 1. The highest BCUT2D eigenvalue weighted by atomic mass is 32.2. The fraction of sp³-hybridized carbons (Fsp3) is 0.458. The van der Waals surface area contributed by atoms with Crippen molar-refractivity contribution < 1.29 is 17.9 Å². The monoisotopic (exact) mass is 526 g/mol. The standard InChI is InChI=1S/C24H26N6O4S2/c1-2-34-22-12-25-11-17(28-22)18-5-6-19(35-18)23(31)29-24(9-14-7-15(14)10-24)20-8-21(27-13-26-20)30-36(32,33)16-3-4-16/h5-6,8,11-16H,2-4,7,9-10H2,1H3,(H,29,31)(H,26,27,30). The van der Waals surface area contributed by atoms with Crippen LogP contribution in [0.2, 0.25) is 0 Å². The summed E-state index contributed by atoms with van der Waals surface area (Å²) in [5.41, 5.74) is 0.621. The minimum atomic E-state index is -3.44. The molecule has 3 aliphatic rings. The number of aromatic nitrogens is 4. The van der Waals surface area contributed by atoms with Gasteiger partial charge in [-0.15, -0.1) is 11.3 Å². The zero-order chi connectivity index (χ0) is 24.9. The summed E-state index contributed by atoms with van der Waals surface area (Å²) < 4.78 is 32.9. The number of nitrogens with one attached hydrogen (secondary N) is 2. The van der Waals surface area contributed by atoms with E-state index in [2.05, 4.69) is 30.0 Å². The number of anilines is 1. The third kappa shape index (κ3) is 4.55. The normalized spacial score (nSPS) is 24.7. The van der Waals surface area contributed by atoms with E-state index in [0.29, 0.717) is 53.4 Å². The van der Waals surface area contributed by atoms with Crippen molar-refractivity contribution in [2.45, 2.75) is 49.8 Å². The molecule has 3 heterocycles. The number of hydrogen-bond acceptors (Lipinski definition) is 9. The molecule has 0 aromatic carbocycles. The summed E-state index contributed by atoms with van der Waals surface area (Å²) in [5.74, 6) is 1.58. The molecule has 0 aliphatic heterocycles. The summed E-state index contributed by atoms with van der Waals surface area (Å²) in [6, 6.07) is 5.30. The van der Waals surface area contributed by atoms with Crippen molar-refractivity contribution in [1.82, 2.24) is 25.3 Å². The largest absolute Gasteiger partial charge is 0.477 e. The van der Waals surface area contributed by atoms with E-state index in [1.165, 1.54) is 17.7 Å². The number of carbonyl (C=O) groups is 1. The minimum absolute atomic E-state index is 0.194. The molecule has 0 spiro atoms. The number of thiophene rings is 1. The molecule has 10 nitrogen and oxygen atoms in total. The molecule has 1 amide bonds. The maximum atomic E-state index is 13.4. The van der Waals surface area contributed by atoms with Crippen molar-refractivity contribution in [3.8, 4) is 16.5 Å². The summed E-state index contributed by atoms with van der Waals surface area (Å²) in [4.78, 5) is 32.0. The lowest BCUT2D eigenvalue weighted by atomic mass is 9.88. The molecule has 3 aromatic heterocycles. The SMILES string of the molecule is CCOc1cncc(-c2ccc(C(=O)NC3(c4cc(NS(=O)(=O)C5CC5)ncn4)CC4CC4C3)s2)n1. The molecular formula is C24H26N6O4S2. The molecule has 2 atom stereocenters. The van der Waals surface area contributed by atoms with Crippen LogP contribution in [0, 0.1) is 11.8 Å². The van der Waals surface area contributed by atoms with Crippen molar-refractivity contribution in [3.63, 3.8) is 0 Å². The first-order chi connectivity index (χ1) is 17.3. The van der Waals surface area contributed by atoms with Gasteiger partial charge < -0.3 is 10.1 Å². The van der Waals surface area contributed by atoms with Crippen molar-refractivity contribution in [2.24, 2.45) is 11.8 Å². The van der Waals surface area contributed by atoms with E-state index in [4.69, 9.17) is 4.74 Å². The molecule has 0 saturated heterocycles. The van der Waals surface area contributed by atoms with Crippen LogP contribution in [0.3, 0.4) is 0 Å². The van der Waals surface area contributed by atoms with Gasteiger partial charge in [0, 0.05) is 6.07 Å². The fourth-order valence-corrected chi connectivity index (χ4v) is 7.19. The zero-order valence-corrected chi connectivity index (χ0v) is 21.3. The zero-order valence-electron chi connectivity index (χ0n) is 19.7. The number of amides is 1. The quantitative estimate of drug-likeness (QED) is 0.433. The second-order valence-corrected chi connectivity index (χ2v) is 12.7. The highest BCUT2D eigenvalue weighted by Gasteiger charge is 2.56. The highest BCUT2D eigenvalue weighted by Crippen LogP contribution is 2.59. The van der Waals surface area contributed by atoms with Crippen LogP contribution >= 0.6 is 11.3 Å². The van der Waals surface area contributed by atoms with Crippen LogP contribution in [0.1, 0.15) is 54.4 Å². The lowest BCUT2D eigenvalue weighted by Crippen LogP contribution is -2.45. The molecule has 3 aromatic rings. The van der Waals surface area contributed by atoms with Crippen LogP contribution in [0.4, 0.5) is 5.82 Å². The van der Waals surface area contributed by atoms with Gasteiger partial charge in [0.05, 0.1) is 45.2 Å². The molecule has 6 rings (SSSR count). The molecule has 3 saturated carbocycles. The summed E-state index contributed by atoms with van der Waals surface area (Å²) in [6.07, 6.45) is 8.61. The van der Waals surface area contributed by atoms with Gasteiger partial charge in [-0.2, -0.15) is 0 Å². The topological polar surface area (TPSA) is 136 Å². The van der Waals surface area contributed by atoms with Gasteiger partial charge in [0.25, 0.3) is 5.91 Å². The third-order valence-corrected chi connectivity index (χ3v) is 9.95. The third-order valence-electron chi connectivity index (χ3n) is 7.00. The predicted octanol–water partition coefficient (Wildman–Crippen LogP) is 3.35. The molecule has 2 unspecified atom stereocenters. The maximum Gasteiger partial charge on any atom is 0.262 e. The summed E-state index contributed by atoms with van der Waals surface area (Å²) in [7, 11) is -3.44. The second-order valence-electron chi connectivity index (χ2n) is 9.67. The van der Waals surface area contributed by atoms with Crippen LogP contribution in [0.15, 0.2) is 36.9 Å². The molecule has 0 radical (unpaired) electrons. The fourth-order valence-electron chi connectivity index (χ4n) is 5.01. The van der Waals surface area contributed by atoms with Gasteiger partial charge in [-0.25, -0.2) is 23.4 Å². The van der Waals surface area contributed by atoms with Crippen LogP contribution in [0.25, 0.3) is 10.6 Å². The van der Waals surface area contributed by atoms with E-state index in [-0.39, 0.29) is 17.0 Å². The summed E-state index contributed by atoms with van der Waals surface area (Å²) >= 11 is 1.34. The summed E-state index contributed by atoms with van der Waals surface area (Å²) in [5, 5.41) is 2.90. The molecule has 12 heteroatoms. The molecule has 0 bridgehead atoms. The number of rotatable bonds is 9. The predicted molar refractivity (Wildman–Crippen MR) is 134 cm³/mol. The minimum Gasteiger partial charge on any atom is -0.477 e. The van der Waals surface area contributed by atoms with Gasteiger partial charge >= 0.3 is 0 Å². The molecule has 36 heavy (non-hydrogen) atoms. The number of carbonyl (C=O) groups excluding carboxylic acids is 1. The Kier molecular flexibility index (Phi) is 5.67. The molecule has 188 valence electrons. The number of nitrogens with zero attached hydrogens (tertiary/aromatic N) is 4. The Morgan fingerprint density at radius 1 is 1.19 bits per heavy atom. The lowest BCUT2D eigenvalue weighted by molar-refractivity contribution is 0.0892. The van der Waals surface area contributed by atoms with E-state index in [0.717, 1.165) is 24.1 Å². The van der Waals surface area contributed by atoms with E-state index in [1.807, 2.05) is 13.0 Å². The molecule has 3 aliphatic carbocycles. The van der Waals surface area contributed by atoms with Gasteiger partial charge in [0.15, 0.2) is 0 Å². The van der Waals surface area contributed by atoms with Gasteiger partial charge in [0.2, 0.25) is 15.9 Å². The van der Waals surface area contributed by atoms with E-state index in [9.17, 15) is 13.2 Å². The van der Waals surface area contributed by atoms with Crippen molar-refractivity contribution in [2.75, 3.05) is 11.3 Å². The second kappa shape index (κ2) is 8.77. The lowest BCUT2D eigenvalue weighted by Gasteiger charge is -2.31. The first-order valence-electron chi connectivity index (χ1n) is 12.1. The average molecular weight is 527 g/mol. The Morgan fingerprint density at radius 3 is 2.75 bits per heavy atom. The van der Waals surface area contributed by atoms with E-state index < -0.39 is 15.6 Å². The van der Waals surface area contributed by atoms with Crippen molar-refractivity contribution in [3.05, 3.63) is 47.5 Å². The van der Waals surface area contributed by atoms with E-state index in [1.54, 1.807) is 24.5 Å². The first kappa shape index (κ1) is 23.3. The highest BCUT2D eigenvalue weighted by molar-refractivity contribution is 7.93. The van der Waals surface area contributed by atoms with Crippen LogP contribution < -0.4 is 14.8 Å². The van der Waals surface area contributed by atoms with Gasteiger partial charge in [-0.3, -0.25) is 14.5 Å². The van der Waals surface area contributed by atoms with Crippen LogP contribution in [-0.4, -0.2) is 46.1 Å². The van der Waals surface area contributed by atoms with E-state index >= 15 is 0 Å². The van der Waals surface area contributed by atoms with Gasteiger partial charge in [-0.1, -0.05) is 0 Å².